The highest BCUT2D eigenvalue weighted by Gasteiger charge is 2.34. The number of nitrogens with zero attached hydrogens (tertiary/aromatic N) is 2. The molecule has 1 aliphatic heterocycles. The number of carbonyl (C=O) groups is 3. The van der Waals surface area contributed by atoms with E-state index in [9.17, 15) is 14.4 Å². The van der Waals surface area contributed by atoms with Crippen LogP contribution in [0, 0.1) is 0 Å². The Morgan fingerprint density at radius 3 is 2.44 bits per heavy atom. The molecule has 0 spiro atoms. The molecule has 8 heteroatoms. The fourth-order valence-electron chi connectivity index (χ4n) is 2.43. The number of benzene rings is 2. The summed E-state index contributed by atoms with van der Waals surface area (Å²) in [5.74, 6) is -1.55. The van der Waals surface area contributed by atoms with Crippen LogP contribution in [0.1, 0.15) is 16.8 Å². The number of amidine groups is 1. The molecular weight excluding hydrogens is 366 g/mol. The molecule has 0 saturated carbocycles. The summed E-state index contributed by atoms with van der Waals surface area (Å²) in [5.41, 5.74) is 1.30. The highest BCUT2D eigenvalue weighted by Crippen LogP contribution is 2.28. The number of carboxylic acids is 1. The molecule has 1 saturated heterocycles. The number of hydrogen-bond donors (Lipinski definition) is 2. The Morgan fingerprint density at radius 2 is 1.81 bits per heavy atom. The first-order valence-electron chi connectivity index (χ1n) is 8.15. The number of rotatable bonds is 4. The standard InChI is InChI=1S/C19H17N3O4S/c1-22-16(23)11-15(27-19(22)21-13-5-3-2-4-6-13)17(24)20-14-9-7-12(8-10-14)18(25)26/h2-10,15H,11H2,1H3,(H,20,24)(H,25,26)/t15-/m1/s1. The Hall–Kier alpha value is -3.13. The number of aromatic carboxylic acids is 1. The monoisotopic (exact) mass is 383 g/mol. The van der Waals surface area contributed by atoms with Gasteiger partial charge in [0.05, 0.1) is 11.3 Å². The van der Waals surface area contributed by atoms with Crippen molar-refractivity contribution in [1.29, 1.82) is 0 Å². The van der Waals surface area contributed by atoms with E-state index in [1.165, 1.54) is 40.9 Å². The fourth-order valence-corrected chi connectivity index (χ4v) is 3.49. The van der Waals surface area contributed by atoms with E-state index in [-0.39, 0.29) is 23.8 Å². The number of para-hydroxylation sites is 1. The van der Waals surface area contributed by atoms with Crippen LogP contribution in [0.2, 0.25) is 0 Å². The number of carboxylic acid groups (broad SMARTS) is 1. The van der Waals surface area contributed by atoms with Crippen molar-refractivity contribution in [3.63, 3.8) is 0 Å². The summed E-state index contributed by atoms with van der Waals surface area (Å²) < 4.78 is 0. The molecule has 1 aliphatic rings. The maximum Gasteiger partial charge on any atom is 0.335 e. The molecule has 1 fully saturated rings. The van der Waals surface area contributed by atoms with Crippen molar-refractivity contribution in [3.8, 4) is 0 Å². The third-order valence-corrected chi connectivity index (χ3v) is 5.18. The summed E-state index contributed by atoms with van der Waals surface area (Å²) >= 11 is 1.22. The van der Waals surface area contributed by atoms with Gasteiger partial charge in [-0.1, -0.05) is 30.0 Å². The lowest BCUT2D eigenvalue weighted by Gasteiger charge is -2.28. The number of amides is 2. The Labute approximate surface area is 160 Å². The summed E-state index contributed by atoms with van der Waals surface area (Å²) in [6.07, 6.45) is 0.0635. The Morgan fingerprint density at radius 1 is 1.15 bits per heavy atom. The predicted octanol–water partition coefficient (Wildman–Crippen LogP) is 2.97. The Balaban J connectivity index is 1.73. The number of thioether (sulfide) groups is 1. The van der Waals surface area contributed by atoms with Crippen molar-refractivity contribution in [2.45, 2.75) is 11.7 Å². The quantitative estimate of drug-likeness (QED) is 0.846. The van der Waals surface area contributed by atoms with Gasteiger partial charge in [-0.2, -0.15) is 0 Å². The maximum absolute atomic E-state index is 12.6. The maximum atomic E-state index is 12.6. The average molecular weight is 383 g/mol. The van der Waals surface area contributed by atoms with Crippen molar-refractivity contribution in [1.82, 2.24) is 4.90 Å². The third kappa shape index (κ3) is 4.53. The molecule has 2 amide bonds. The van der Waals surface area contributed by atoms with Gasteiger partial charge in [-0.3, -0.25) is 14.5 Å². The molecule has 3 rings (SSSR count). The minimum atomic E-state index is -1.04. The molecule has 138 valence electrons. The van der Waals surface area contributed by atoms with Crippen molar-refractivity contribution < 1.29 is 19.5 Å². The second-order valence-corrected chi connectivity index (χ2v) is 7.03. The predicted molar refractivity (Wildman–Crippen MR) is 104 cm³/mol. The summed E-state index contributed by atoms with van der Waals surface area (Å²) in [5, 5.41) is 11.5. The lowest BCUT2D eigenvalue weighted by Crippen LogP contribution is -2.43. The van der Waals surface area contributed by atoms with Crippen molar-refractivity contribution in [2.75, 3.05) is 12.4 Å². The Bertz CT molecular complexity index is 897. The first-order valence-corrected chi connectivity index (χ1v) is 9.03. The smallest absolute Gasteiger partial charge is 0.335 e. The van der Waals surface area contributed by atoms with Crippen LogP contribution in [-0.4, -0.2) is 45.3 Å². The van der Waals surface area contributed by atoms with Crippen LogP contribution in [0.15, 0.2) is 59.6 Å². The van der Waals surface area contributed by atoms with Crippen molar-refractivity contribution in [3.05, 3.63) is 60.2 Å². The number of aliphatic imine (C=N–C) groups is 1. The zero-order chi connectivity index (χ0) is 19.4. The summed E-state index contributed by atoms with van der Waals surface area (Å²) in [4.78, 5) is 41.6. The van der Waals surface area contributed by atoms with Crippen molar-refractivity contribution >= 4 is 46.1 Å². The molecule has 7 nitrogen and oxygen atoms in total. The molecule has 1 atom stereocenters. The lowest BCUT2D eigenvalue weighted by molar-refractivity contribution is -0.128. The summed E-state index contributed by atoms with van der Waals surface area (Å²) in [6, 6.07) is 15.1. The SMILES string of the molecule is CN1C(=O)C[C@H](C(=O)Nc2ccc(C(=O)O)cc2)SC1=Nc1ccccc1. The molecule has 2 N–H and O–H groups in total. The number of carbonyl (C=O) groups excluding carboxylic acids is 2. The molecule has 0 bridgehead atoms. The molecule has 0 aromatic heterocycles. The summed E-state index contributed by atoms with van der Waals surface area (Å²) in [6.45, 7) is 0. The van der Waals surface area contributed by atoms with E-state index in [2.05, 4.69) is 10.3 Å². The van der Waals surface area contributed by atoms with Gasteiger partial charge in [0.15, 0.2) is 5.17 Å². The zero-order valence-electron chi connectivity index (χ0n) is 14.5. The second kappa shape index (κ2) is 8.05. The molecule has 0 unspecified atom stereocenters. The minimum absolute atomic E-state index is 0.0635. The second-order valence-electron chi connectivity index (χ2n) is 5.87. The van der Waals surface area contributed by atoms with Crippen LogP contribution < -0.4 is 5.32 Å². The van der Waals surface area contributed by atoms with Crippen LogP contribution in [0.25, 0.3) is 0 Å². The first kappa shape index (κ1) is 18.7. The highest BCUT2D eigenvalue weighted by molar-refractivity contribution is 8.15. The normalized spacial score (nSPS) is 18.4. The molecular formula is C19H17N3O4S. The molecule has 1 heterocycles. The average Bonchev–Trinajstić information content (AvgIpc) is 2.66. The van der Waals surface area contributed by atoms with E-state index in [1.807, 2.05) is 30.3 Å². The van der Waals surface area contributed by atoms with Crippen LogP contribution in [0.3, 0.4) is 0 Å². The van der Waals surface area contributed by atoms with Crippen LogP contribution in [0.5, 0.6) is 0 Å². The topological polar surface area (TPSA) is 99.1 Å². The zero-order valence-corrected chi connectivity index (χ0v) is 15.3. The van der Waals surface area contributed by atoms with E-state index < -0.39 is 11.2 Å². The number of nitrogens with one attached hydrogen (secondary N) is 1. The lowest BCUT2D eigenvalue weighted by atomic mass is 10.2. The third-order valence-electron chi connectivity index (χ3n) is 3.94. The minimum Gasteiger partial charge on any atom is -0.478 e. The van der Waals surface area contributed by atoms with Gasteiger partial charge in [0.25, 0.3) is 0 Å². The van der Waals surface area contributed by atoms with Crippen LogP contribution in [0.4, 0.5) is 11.4 Å². The van der Waals surface area contributed by atoms with E-state index in [4.69, 9.17) is 5.11 Å². The molecule has 0 radical (unpaired) electrons. The molecule has 2 aromatic carbocycles. The fraction of sp³-hybridized carbons (Fsp3) is 0.158. The van der Waals surface area contributed by atoms with Crippen LogP contribution in [-0.2, 0) is 9.59 Å². The molecule has 27 heavy (non-hydrogen) atoms. The van der Waals surface area contributed by atoms with Gasteiger partial charge < -0.3 is 10.4 Å². The van der Waals surface area contributed by atoms with E-state index in [1.54, 1.807) is 7.05 Å². The highest BCUT2D eigenvalue weighted by atomic mass is 32.2. The first-order chi connectivity index (χ1) is 12.9. The van der Waals surface area contributed by atoms with E-state index in [0.717, 1.165) is 0 Å². The summed E-state index contributed by atoms with van der Waals surface area (Å²) in [7, 11) is 1.63. The largest absolute Gasteiger partial charge is 0.478 e. The number of anilines is 1. The van der Waals surface area contributed by atoms with Gasteiger partial charge in [-0.25, -0.2) is 9.79 Å². The number of hydrogen-bond acceptors (Lipinski definition) is 5. The van der Waals surface area contributed by atoms with Gasteiger partial charge in [0.2, 0.25) is 11.8 Å². The Kier molecular flexibility index (Phi) is 5.56. The molecule has 2 aromatic rings. The van der Waals surface area contributed by atoms with Gasteiger partial charge in [-0.15, -0.1) is 0 Å². The molecule has 0 aliphatic carbocycles. The van der Waals surface area contributed by atoms with Gasteiger partial charge in [0, 0.05) is 19.2 Å². The van der Waals surface area contributed by atoms with Gasteiger partial charge in [0.1, 0.15) is 5.25 Å². The van der Waals surface area contributed by atoms with Crippen LogP contribution >= 0.6 is 11.8 Å². The van der Waals surface area contributed by atoms with E-state index >= 15 is 0 Å². The van der Waals surface area contributed by atoms with Gasteiger partial charge >= 0.3 is 5.97 Å². The van der Waals surface area contributed by atoms with Crippen molar-refractivity contribution in [2.24, 2.45) is 4.99 Å². The van der Waals surface area contributed by atoms with E-state index in [0.29, 0.717) is 16.5 Å². The van der Waals surface area contributed by atoms with Gasteiger partial charge in [-0.05, 0) is 36.4 Å².